The third kappa shape index (κ3) is 2.43. The van der Waals surface area contributed by atoms with Gasteiger partial charge in [0.15, 0.2) is 12.6 Å². The topological polar surface area (TPSA) is 34.1 Å². The van der Waals surface area contributed by atoms with Gasteiger partial charge in [0.05, 0.1) is 0 Å². The van der Waals surface area contributed by atoms with Crippen molar-refractivity contribution < 1.29 is 9.59 Å². The first-order valence-electron chi connectivity index (χ1n) is 5.62. The fourth-order valence-corrected chi connectivity index (χ4v) is 1.81. The molecule has 0 atom stereocenters. The van der Waals surface area contributed by atoms with Crippen LogP contribution in [-0.2, 0) is 9.59 Å². The van der Waals surface area contributed by atoms with Gasteiger partial charge in [-0.15, -0.1) is 0 Å². The van der Waals surface area contributed by atoms with Gasteiger partial charge in [-0.3, -0.25) is 9.59 Å². The van der Waals surface area contributed by atoms with Crippen molar-refractivity contribution in [2.24, 2.45) is 0 Å². The highest BCUT2D eigenvalue weighted by atomic mass is 16.1. The minimum Gasteiger partial charge on any atom is -0.298 e. The molecule has 0 aliphatic rings. The molecule has 0 fully saturated rings. The molecule has 0 heterocycles. The van der Waals surface area contributed by atoms with Crippen LogP contribution in [0, 0.1) is 0 Å². The Morgan fingerprint density at radius 3 is 1.22 bits per heavy atom. The minimum absolute atomic E-state index is 0.414. The van der Waals surface area contributed by atoms with Crippen LogP contribution in [0.3, 0.4) is 0 Å². The summed E-state index contributed by atoms with van der Waals surface area (Å²) >= 11 is 0. The summed E-state index contributed by atoms with van der Waals surface area (Å²) in [6.45, 7) is 0. The van der Waals surface area contributed by atoms with Gasteiger partial charge >= 0.3 is 0 Å². The van der Waals surface area contributed by atoms with Crippen LogP contribution in [0.5, 0.6) is 0 Å². The van der Waals surface area contributed by atoms with Crippen LogP contribution >= 0.6 is 0 Å². The first-order valence-corrected chi connectivity index (χ1v) is 5.62. The van der Waals surface area contributed by atoms with E-state index in [1.807, 2.05) is 60.7 Å². The van der Waals surface area contributed by atoms with Crippen LogP contribution in [0.25, 0.3) is 11.1 Å². The van der Waals surface area contributed by atoms with Crippen molar-refractivity contribution in [1.82, 2.24) is 0 Å². The summed E-state index contributed by atoms with van der Waals surface area (Å²) in [5.41, 5.74) is 2.32. The summed E-state index contributed by atoms with van der Waals surface area (Å²) in [4.78, 5) is 22.5. The van der Waals surface area contributed by atoms with Crippen molar-refractivity contribution in [3.8, 4) is 0 Å². The van der Waals surface area contributed by atoms with E-state index in [0.29, 0.717) is 11.1 Å². The van der Waals surface area contributed by atoms with E-state index < -0.39 is 0 Å². The number of allylic oxidation sites excluding steroid dienone is 2. The van der Waals surface area contributed by atoms with Crippen molar-refractivity contribution in [2.75, 3.05) is 0 Å². The molecule has 0 saturated carbocycles. The third-order valence-corrected chi connectivity index (χ3v) is 2.70. The molecule has 0 saturated heterocycles. The van der Waals surface area contributed by atoms with Crippen LogP contribution in [0.4, 0.5) is 0 Å². The largest absolute Gasteiger partial charge is 0.298 e. The van der Waals surface area contributed by atoms with Crippen LogP contribution < -0.4 is 0 Å². The molecular weight excluding hydrogens is 224 g/mol. The van der Waals surface area contributed by atoms with Crippen LogP contribution in [0.1, 0.15) is 11.1 Å². The number of carbonyl (C=O) groups is 2. The minimum atomic E-state index is 0.414. The van der Waals surface area contributed by atoms with E-state index in [1.165, 1.54) is 0 Å². The second-order valence-electron chi connectivity index (χ2n) is 3.80. The number of carbonyl (C=O) groups excluding carboxylic acids is 2. The Morgan fingerprint density at radius 2 is 0.944 bits per heavy atom. The molecule has 0 N–H and O–H groups in total. The summed E-state index contributed by atoms with van der Waals surface area (Å²) in [7, 11) is 0. The molecule has 2 nitrogen and oxygen atoms in total. The molecule has 0 amide bonds. The van der Waals surface area contributed by atoms with E-state index in [4.69, 9.17) is 0 Å². The normalized spacial score (nSPS) is 11.6. The standard InChI is InChI=1S/C16H12O2/c17-11-15(13-7-3-1-4-8-13)16(12-18)14-9-5-2-6-10-14/h1-12H/b16-15-. The number of hydrogen-bond acceptors (Lipinski definition) is 2. The maximum absolute atomic E-state index is 11.3. The Labute approximate surface area is 106 Å². The van der Waals surface area contributed by atoms with Gasteiger partial charge in [-0.25, -0.2) is 0 Å². The van der Waals surface area contributed by atoms with E-state index >= 15 is 0 Å². The van der Waals surface area contributed by atoms with Crippen molar-refractivity contribution in [1.29, 1.82) is 0 Å². The first kappa shape index (κ1) is 12.0. The molecule has 0 aromatic heterocycles. The van der Waals surface area contributed by atoms with Gasteiger partial charge in [-0.05, 0) is 11.1 Å². The quantitative estimate of drug-likeness (QED) is 0.464. The summed E-state index contributed by atoms with van der Waals surface area (Å²) in [5, 5.41) is 0. The zero-order valence-corrected chi connectivity index (χ0v) is 9.74. The lowest BCUT2D eigenvalue weighted by Crippen LogP contribution is -1.95. The molecule has 2 rings (SSSR count). The molecule has 2 aromatic carbocycles. The number of rotatable bonds is 4. The number of aldehydes is 2. The van der Waals surface area contributed by atoms with Gasteiger partial charge in [0.25, 0.3) is 0 Å². The number of benzene rings is 2. The molecule has 0 aliphatic carbocycles. The summed E-state index contributed by atoms with van der Waals surface area (Å²) in [6, 6.07) is 18.4. The maximum Gasteiger partial charge on any atom is 0.151 e. The molecule has 0 bridgehead atoms. The molecular formula is C16H12O2. The molecule has 0 unspecified atom stereocenters. The Balaban J connectivity index is 2.61. The van der Waals surface area contributed by atoms with Gasteiger partial charge < -0.3 is 0 Å². The molecule has 0 radical (unpaired) electrons. The second kappa shape index (κ2) is 5.73. The fraction of sp³-hybridized carbons (Fsp3) is 0. The average molecular weight is 236 g/mol. The summed E-state index contributed by atoms with van der Waals surface area (Å²) in [6.07, 6.45) is 1.46. The van der Waals surface area contributed by atoms with Crippen molar-refractivity contribution in [3.63, 3.8) is 0 Å². The molecule has 2 heteroatoms. The lowest BCUT2D eigenvalue weighted by molar-refractivity contribution is -0.105. The lowest BCUT2D eigenvalue weighted by atomic mass is 9.96. The van der Waals surface area contributed by atoms with E-state index in [2.05, 4.69) is 0 Å². The second-order valence-corrected chi connectivity index (χ2v) is 3.80. The zero-order chi connectivity index (χ0) is 12.8. The van der Waals surface area contributed by atoms with Gasteiger partial charge in [-0.2, -0.15) is 0 Å². The molecule has 88 valence electrons. The zero-order valence-electron chi connectivity index (χ0n) is 9.74. The average Bonchev–Trinajstić information content (AvgIpc) is 2.46. The van der Waals surface area contributed by atoms with E-state index in [9.17, 15) is 9.59 Å². The highest BCUT2D eigenvalue weighted by molar-refractivity contribution is 6.29. The van der Waals surface area contributed by atoms with Gasteiger partial charge in [0.1, 0.15) is 0 Å². The Morgan fingerprint density at radius 1 is 0.611 bits per heavy atom. The van der Waals surface area contributed by atoms with Gasteiger partial charge in [-0.1, -0.05) is 60.7 Å². The van der Waals surface area contributed by atoms with E-state index in [1.54, 1.807) is 0 Å². The van der Waals surface area contributed by atoms with E-state index in [-0.39, 0.29) is 0 Å². The number of hydrogen-bond donors (Lipinski definition) is 0. The smallest absolute Gasteiger partial charge is 0.151 e. The summed E-state index contributed by atoms with van der Waals surface area (Å²) in [5.74, 6) is 0. The highest BCUT2D eigenvalue weighted by Crippen LogP contribution is 2.23. The van der Waals surface area contributed by atoms with Crippen LogP contribution in [0.2, 0.25) is 0 Å². The van der Waals surface area contributed by atoms with Crippen molar-refractivity contribution >= 4 is 23.7 Å². The van der Waals surface area contributed by atoms with Gasteiger partial charge in [0, 0.05) is 11.1 Å². The SMILES string of the molecule is O=C/C(=C(\C=O)c1ccccc1)c1ccccc1. The maximum atomic E-state index is 11.3. The van der Waals surface area contributed by atoms with Crippen molar-refractivity contribution in [2.45, 2.75) is 0 Å². The predicted molar refractivity (Wildman–Crippen MR) is 71.8 cm³/mol. The fourth-order valence-electron chi connectivity index (χ4n) is 1.81. The van der Waals surface area contributed by atoms with Crippen LogP contribution in [0.15, 0.2) is 60.7 Å². The highest BCUT2D eigenvalue weighted by Gasteiger charge is 2.09. The molecule has 18 heavy (non-hydrogen) atoms. The Bertz CT molecular complexity index is 515. The Hall–Kier alpha value is -2.48. The molecule has 0 spiro atoms. The summed E-state index contributed by atoms with van der Waals surface area (Å²) < 4.78 is 0. The molecule has 0 aliphatic heterocycles. The van der Waals surface area contributed by atoms with Crippen molar-refractivity contribution in [3.05, 3.63) is 71.8 Å². The Kier molecular flexibility index (Phi) is 3.82. The first-order chi connectivity index (χ1) is 8.86. The molecule has 2 aromatic rings. The predicted octanol–water partition coefficient (Wildman–Crippen LogP) is 3.00. The lowest BCUT2D eigenvalue weighted by Gasteiger charge is -2.06. The van der Waals surface area contributed by atoms with E-state index in [0.717, 1.165) is 23.7 Å². The van der Waals surface area contributed by atoms with Gasteiger partial charge in [0.2, 0.25) is 0 Å². The van der Waals surface area contributed by atoms with Crippen LogP contribution in [-0.4, -0.2) is 12.6 Å². The monoisotopic (exact) mass is 236 g/mol. The third-order valence-electron chi connectivity index (χ3n) is 2.70.